The van der Waals surface area contributed by atoms with E-state index in [4.69, 9.17) is 5.11 Å². The number of carbonyl (C=O) groups excluding carboxylic acids is 1. The Balaban J connectivity index is 2.89. The number of hydrogen-bond acceptors (Lipinski definition) is 2. The molecule has 0 aromatic heterocycles. The number of nitrogens with one attached hydrogen (secondary N) is 1. The average Bonchev–Trinajstić information content (AvgIpc) is 2.03. The van der Waals surface area contributed by atoms with E-state index < -0.39 is 5.54 Å². The molecule has 11 heavy (non-hydrogen) atoms. The fourth-order valence-corrected chi connectivity index (χ4v) is 1.37. The van der Waals surface area contributed by atoms with Gasteiger partial charge in [-0.2, -0.15) is 0 Å². The first-order valence-corrected chi connectivity index (χ1v) is 3.83. The zero-order valence-corrected chi connectivity index (χ0v) is 7.27. The van der Waals surface area contributed by atoms with Gasteiger partial charge in [0.05, 0.1) is 12.1 Å². The molecule has 0 aromatic carbocycles. The molecule has 64 valence electrons. The molecular weight excluding hydrogens is 142 g/mol. The number of aliphatic hydroxyl groups is 1. The largest absolute Gasteiger partial charge is 0.394 e. The SMILES string of the molecule is CC1(C)CC(=O)NC1(C)CO. The molecule has 1 saturated heterocycles. The first kappa shape index (κ1) is 8.53. The summed E-state index contributed by atoms with van der Waals surface area (Å²) in [6.45, 7) is 5.85. The van der Waals surface area contributed by atoms with Crippen molar-refractivity contribution in [1.82, 2.24) is 5.32 Å². The summed E-state index contributed by atoms with van der Waals surface area (Å²) in [6, 6.07) is 0. The third-order valence-electron chi connectivity index (χ3n) is 2.83. The second-order valence-electron chi connectivity index (χ2n) is 4.10. The van der Waals surface area contributed by atoms with E-state index in [1.54, 1.807) is 0 Å². The highest BCUT2D eigenvalue weighted by Gasteiger charge is 2.48. The van der Waals surface area contributed by atoms with Gasteiger partial charge in [0.2, 0.25) is 5.91 Å². The van der Waals surface area contributed by atoms with Crippen LogP contribution in [0, 0.1) is 5.41 Å². The molecule has 1 heterocycles. The Bertz CT molecular complexity index is 189. The lowest BCUT2D eigenvalue weighted by atomic mass is 9.75. The Morgan fingerprint density at radius 1 is 1.55 bits per heavy atom. The molecule has 2 N–H and O–H groups in total. The minimum atomic E-state index is -0.440. The van der Waals surface area contributed by atoms with Crippen molar-refractivity contribution in [3.05, 3.63) is 0 Å². The molecule has 0 bridgehead atoms. The lowest BCUT2D eigenvalue weighted by molar-refractivity contribution is -0.120. The molecule has 1 atom stereocenters. The zero-order chi connectivity index (χ0) is 8.70. The Kier molecular flexibility index (Phi) is 1.71. The van der Waals surface area contributed by atoms with Crippen LogP contribution in [-0.2, 0) is 4.79 Å². The summed E-state index contributed by atoms with van der Waals surface area (Å²) in [7, 11) is 0. The minimum absolute atomic E-state index is 0.00569. The van der Waals surface area contributed by atoms with Crippen LogP contribution in [0.25, 0.3) is 0 Å². The van der Waals surface area contributed by atoms with Crippen LogP contribution >= 0.6 is 0 Å². The van der Waals surface area contributed by atoms with Crippen molar-refractivity contribution >= 4 is 5.91 Å². The normalized spacial score (nSPS) is 35.5. The van der Waals surface area contributed by atoms with E-state index in [0.717, 1.165) is 0 Å². The Labute approximate surface area is 66.8 Å². The third-order valence-corrected chi connectivity index (χ3v) is 2.83. The smallest absolute Gasteiger partial charge is 0.221 e. The van der Waals surface area contributed by atoms with Crippen molar-refractivity contribution in [1.29, 1.82) is 0 Å². The molecule has 0 spiro atoms. The Morgan fingerprint density at radius 2 is 2.09 bits per heavy atom. The molecule has 1 amide bonds. The fraction of sp³-hybridized carbons (Fsp3) is 0.875. The zero-order valence-electron chi connectivity index (χ0n) is 7.27. The molecular formula is C8H15NO2. The van der Waals surface area contributed by atoms with E-state index in [-0.39, 0.29) is 17.9 Å². The van der Waals surface area contributed by atoms with Crippen molar-refractivity contribution in [2.45, 2.75) is 32.7 Å². The summed E-state index contributed by atoms with van der Waals surface area (Å²) in [5.41, 5.74) is -0.580. The first-order chi connectivity index (χ1) is 4.91. The number of hydrogen-bond donors (Lipinski definition) is 2. The highest BCUT2D eigenvalue weighted by Crippen LogP contribution is 2.38. The van der Waals surface area contributed by atoms with E-state index in [0.29, 0.717) is 6.42 Å². The lowest BCUT2D eigenvalue weighted by Crippen LogP contribution is -2.50. The summed E-state index contributed by atoms with van der Waals surface area (Å²) in [5.74, 6) is 0.0338. The van der Waals surface area contributed by atoms with Crippen molar-refractivity contribution in [2.75, 3.05) is 6.61 Å². The maximum Gasteiger partial charge on any atom is 0.221 e. The molecule has 1 aliphatic rings. The van der Waals surface area contributed by atoms with Crippen LogP contribution in [0.15, 0.2) is 0 Å². The van der Waals surface area contributed by atoms with Gasteiger partial charge in [-0.15, -0.1) is 0 Å². The van der Waals surface area contributed by atoms with Gasteiger partial charge in [0.25, 0.3) is 0 Å². The van der Waals surface area contributed by atoms with Gasteiger partial charge in [0.15, 0.2) is 0 Å². The van der Waals surface area contributed by atoms with Gasteiger partial charge < -0.3 is 10.4 Å². The van der Waals surface area contributed by atoms with Crippen molar-refractivity contribution < 1.29 is 9.90 Å². The number of carbonyl (C=O) groups is 1. The lowest BCUT2D eigenvalue weighted by Gasteiger charge is -2.35. The second kappa shape index (κ2) is 2.21. The van der Waals surface area contributed by atoms with Crippen molar-refractivity contribution in [3.63, 3.8) is 0 Å². The maximum absolute atomic E-state index is 11.0. The van der Waals surface area contributed by atoms with Gasteiger partial charge in [-0.25, -0.2) is 0 Å². The molecule has 1 unspecified atom stereocenters. The quantitative estimate of drug-likeness (QED) is 0.574. The van der Waals surface area contributed by atoms with Gasteiger partial charge in [-0.05, 0) is 12.3 Å². The summed E-state index contributed by atoms with van der Waals surface area (Å²) in [4.78, 5) is 11.0. The molecule has 0 saturated carbocycles. The number of aliphatic hydroxyl groups excluding tert-OH is 1. The molecule has 0 aliphatic carbocycles. The standard InChI is InChI=1S/C8H15NO2/c1-7(2)4-6(11)9-8(7,3)5-10/h10H,4-5H2,1-3H3,(H,9,11). The topological polar surface area (TPSA) is 49.3 Å². The Hall–Kier alpha value is -0.570. The van der Waals surface area contributed by atoms with Crippen LogP contribution in [0.4, 0.5) is 0 Å². The molecule has 3 nitrogen and oxygen atoms in total. The van der Waals surface area contributed by atoms with Gasteiger partial charge >= 0.3 is 0 Å². The summed E-state index contributed by atoms with van der Waals surface area (Å²) >= 11 is 0. The van der Waals surface area contributed by atoms with Crippen LogP contribution in [0.1, 0.15) is 27.2 Å². The van der Waals surface area contributed by atoms with E-state index in [1.807, 2.05) is 20.8 Å². The molecule has 1 fully saturated rings. The molecule has 3 heteroatoms. The third kappa shape index (κ3) is 1.13. The van der Waals surface area contributed by atoms with Crippen LogP contribution < -0.4 is 5.32 Å². The molecule has 1 aliphatic heterocycles. The first-order valence-electron chi connectivity index (χ1n) is 3.83. The highest BCUT2D eigenvalue weighted by molar-refractivity contribution is 5.80. The van der Waals surface area contributed by atoms with Crippen LogP contribution in [0.3, 0.4) is 0 Å². The summed E-state index contributed by atoms with van der Waals surface area (Å²) in [6.07, 6.45) is 0.504. The summed E-state index contributed by atoms with van der Waals surface area (Å²) in [5, 5.41) is 11.8. The van der Waals surface area contributed by atoms with E-state index in [2.05, 4.69) is 5.32 Å². The molecule has 0 aromatic rings. The minimum Gasteiger partial charge on any atom is -0.394 e. The highest BCUT2D eigenvalue weighted by atomic mass is 16.3. The molecule has 1 rings (SSSR count). The van der Waals surface area contributed by atoms with E-state index in [1.165, 1.54) is 0 Å². The predicted octanol–water partition coefficient (Wildman–Crippen LogP) is 0.283. The average molecular weight is 157 g/mol. The number of rotatable bonds is 1. The van der Waals surface area contributed by atoms with Gasteiger partial charge in [0, 0.05) is 6.42 Å². The van der Waals surface area contributed by atoms with Crippen LogP contribution in [0.2, 0.25) is 0 Å². The Morgan fingerprint density at radius 3 is 2.27 bits per heavy atom. The fourth-order valence-electron chi connectivity index (χ4n) is 1.37. The van der Waals surface area contributed by atoms with Crippen molar-refractivity contribution in [2.24, 2.45) is 5.41 Å². The van der Waals surface area contributed by atoms with Gasteiger partial charge in [0.1, 0.15) is 0 Å². The monoisotopic (exact) mass is 157 g/mol. The van der Waals surface area contributed by atoms with Crippen LogP contribution in [0.5, 0.6) is 0 Å². The van der Waals surface area contributed by atoms with Gasteiger partial charge in [-0.1, -0.05) is 13.8 Å². The second-order valence-corrected chi connectivity index (χ2v) is 4.10. The van der Waals surface area contributed by atoms with E-state index >= 15 is 0 Å². The number of amides is 1. The maximum atomic E-state index is 11.0. The van der Waals surface area contributed by atoms with Gasteiger partial charge in [-0.3, -0.25) is 4.79 Å². The van der Waals surface area contributed by atoms with Crippen molar-refractivity contribution in [3.8, 4) is 0 Å². The van der Waals surface area contributed by atoms with E-state index in [9.17, 15) is 4.79 Å². The summed E-state index contributed by atoms with van der Waals surface area (Å²) < 4.78 is 0. The van der Waals surface area contributed by atoms with Crippen LogP contribution in [-0.4, -0.2) is 23.2 Å². The predicted molar refractivity (Wildman–Crippen MR) is 42.0 cm³/mol. The molecule has 0 radical (unpaired) electrons.